The molecule has 1 aliphatic rings. The zero-order chi connectivity index (χ0) is 17.8. The Bertz CT molecular complexity index is 726. The summed E-state index contributed by atoms with van der Waals surface area (Å²) in [5.41, 5.74) is 2.39. The number of carbonyl (C=O) groups is 1. The first kappa shape index (κ1) is 18.1. The van der Waals surface area contributed by atoms with Crippen LogP contribution in [0, 0.1) is 12.7 Å². The van der Waals surface area contributed by atoms with E-state index in [4.69, 9.17) is 0 Å². The lowest BCUT2D eigenvalue weighted by molar-refractivity contribution is 0.0766. The van der Waals surface area contributed by atoms with Gasteiger partial charge in [-0.2, -0.15) is 0 Å². The highest BCUT2D eigenvalue weighted by molar-refractivity contribution is 7.14. The molecule has 1 fully saturated rings. The third-order valence-electron chi connectivity index (χ3n) is 4.81. The second-order valence-corrected chi connectivity index (χ2v) is 7.85. The minimum Gasteiger partial charge on any atom is -0.337 e. The molecule has 0 atom stereocenters. The Hall–Kier alpha value is -1.72. The van der Waals surface area contributed by atoms with Crippen molar-refractivity contribution < 1.29 is 9.18 Å². The number of thiophene rings is 1. The van der Waals surface area contributed by atoms with Crippen LogP contribution in [0.5, 0.6) is 0 Å². The summed E-state index contributed by atoms with van der Waals surface area (Å²) in [5, 5.41) is 0. The van der Waals surface area contributed by atoms with E-state index in [0.29, 0.717) is 0 Å². The maximum Gasteiger partial charge on any atom is 0.263 e. The van der Waals surface area contributed by atoms with Crippen LogP contribution in [0.15, 0.2) is 30.3 Å². The predicted octanol–water partition coefficient (Wildman–Crippen LogP) is 4.11. The van der Waals surface area contributed by atoms with E-state index in [1.165, 1.54) is 22.6 Å². The first-order valence-electron chi connectivity index (χ1n) is 8.92. The molecular weight excluding hydrogens is 335 g/mol. The van der Waals surface area contributed by atoms with Crippen LogP contribution < -0.4 is 0 Å². The van der Waals surface area contributed by atoms with Gasteiger partial charge in [0.2, 0.25) is 0 Å². The smallest absolute Gasteiger partial charge is 0.263 e. The number of hydrogen-bond acceptors (Lipinski definition) is 3. The van der Waals surface area contributed by atoms with Crippen LogP contribution in [0.4, 0.5) is 4.39 Å². The predicted molar refractivity (Wildman–Crippen MR) is 101 cm³/mol. The molecule has 1 amide bonds. The molecule has 0 bridgehead atoms. The molecule has 3 rings (SSSR count). The monoisotopic (exact) mass is 360 g/mol. The maximum atomic E-state index is 13.0. The van der Waals surface area contributed by atoms with E-state index >= 15 is 0 Å². The molecule has 0 aliphatic carbocycles. The highest BCUT2D eigenvalue weighted by atomic mass is 32.1. The van der Waals surface area contributed by atoms with E-state index in [1.807, 2.05) is 17.0 Å². The topological polar surface area (TPSA) is 23.6 Å². The SMILES string of the molecule is CCc1cc(C(=O)N2CCCN(Cc3ccc(F)cc3)CC2)sc1C. The lowest BCUT2D eigenvalue weighted by Gasteiger charge is -2.21. The van der Waals surface area contributed by atoms with Crippen molar-refractivity contribution in [3.63, 3.8) is 0 Å². The second kappa shape index (κ2) is 8.11. The van der Waals surface area contributed by atoms with Crippen molar-refractivity contribution in [2.45, 2.75) is 33.2 Å². The highest BCUT2D eigenvalue weighted by Crippen LogP contribution is 2.24. The van der Waals surface area contributed by atoms with Gasteiger partial charge in [-0.15, -0.1) is 11.3 Å². The Balaban J connectivity index is 1.60. The first-order valence-corrected chi connectivity index (χ1v) is 9.74. The van der Waals surface area contributed by atoms with Crippen molar-refractivity contribution in [2.75, 3.05) is 26.2 Å². The fraction of sp³-hybridized carbons (Fsp3) is 0.450. The molecule has 0 saturated carbocycles. The summed E-state index contributed by atoms with van der Waals surface area (Å²) in [5.74, 6) is -0.0366. The highest BCUT2D eigenvalue weighted by Gasteiger charge is 2.22. The Morgan fingerprint density at radius 3 is 2.60 bits per heavy atom. The summed E-state index contributed by atoms with van der Waals surface area (Å²) >= 11 is 1.61. The molecule has 1 aromatic carbocycles. The second-order valence-electron chi connectivity index (χ2n) is 6.59. The van der Waals surface area contributed by atoms with Crippen LogP contribution in [0.2, 0.25) is 0 Å². The Kier molecular flexibility index (Phi) is 5.86. The van der Waals surface area contributed by atoms with Crippen molar-refractivity contribution in [3.05, 3.63) is 57.0 Å². The van der Waals surface area contributed by atoms with Gasteiger partial charge in [0, 0.05) is 37.6 Å². The summed E-state index contributed by atoms with van der Waals surface area (Å²) in [7, 11) is 0. The average Bonchev–Trinajstić information content (AvgIpc) is 2.84. The van der Waals surface area contributed by atoms with Crippen LogP contribution in [0.1, 0.15) is 39.0 Å². The van der Waals surface area contributed by atoms with Gasteiger partial charge in [-0.25, -0.2) is 4.39 Å². The van der Waals surface area contributed by atoms with Crippen molar-refractivity contribution in [1.29, 1.82) is 0 Å². The fourth-order valence-corrected chi connectivity index (χ4v) is 4.39. The molecule has 0 spiro atoms. The number of carbonyl (C=O) groups excluding carboxylic acids is 1. The van der Waals surface area contributed by atoms with E-state index in [9.17, 15) is 9.18 Å². The zero-order valence-corrected chi connectivity index (χ0v) is 15.7. The van der Waals surface area contributed by atoms with E-state index < -0.39 is 0 Å². The van der Waals surface area contributed by atoms with Gasteiger partial charge in [-0.3, -0.25) is 9.69 Å². The number of nitrogens with zero attached hydrogens (tertiary/aromatic N) is 2. The summed E-state index contributed by atoms with van der Waals surface area (Å²) < 4.78 is 13.0. The van der Waals surface area contributed by atoms with Crippen LogP contribution >= 0.6 is 11.3 Å². The Labute approximate surface area is 153 Å². The normalized spacial score (nSPS) is 16.0. The van der Waals surface area contributed by atoms with Crippen molar-refractivity contribution in [3.8, 4) is 0 Å². The van der Waals surface area contributed by atoms with E-state index in [0.717, 1.165) is 56.0 Å². The first-order chi connectivity index (χ1) is 12.1. The van der Waals surface area contributed by atoms with Crippen LogP contribution in [0.3, 0.4) is 0 Å². The minimum atomic E-state index is -0.200. The lowest BCUT2D eigenvalue weighted by atomic mass is 10.2. The molecule has 0 N–H and O–H groups in total. The molecule has 1 saturated heterocycles. The summed E-state index contributed by atoms with van der Waals surface area (Å²) in [4.78, 5) is 19.3. The Morgan fingerprint density at radius 1 is 1.16 bits per heavy atom. The molecule has 2 heterocycles. The molecule has 5 heteroatoms. The maximum absolute atomic E-state index is 13.0. The summed E-state index contributed by atoms with van der Waals surface area (Å²) in [6.45, 7) is 8.39. The molecule has 2 aromatic rings. The van der Waals surface area contributed by atoms with Gasteiger partial charge in [0.15, 0.2) is 0 Å². The molecule has 0 radical (unpaired) electrons. The van der Waals surface area contributed by atoms with Crippen molar-refractivity contribution >= 4 is 17.2 Å². The number of halogens is 1. The quantitative estimate of drug-likeness (QED) is 0.819. The zero-order valence-electron chi connectivity index (χ0n) is 14.9. The fourth-order valence-electron chi connectivity index (χ4n) is 3.31. The van der Waals surface area contributed by atoms with Crippen LogP contribution in [0.25, 0.3) is 0 Å². The van der Waals surface area contributed by atoms with E-state index in [1.54, 1.807) is 11.3 Å². The molecular formula is C20H25FN2OS. The molecule has 3 nitrogen and oxygen atoms in total. The van der Waals surface area contributed by atoms with Gasteiger partial charge in [0.25, 0.3) is 5.91 Å². The number of amides is 1. The van der Waals surface area contributed by atoms with Gasteiger partial charge in [-0.05, 0) is 49.1 Å². The molecule has 0 unspecified atom stereocenters. The largest absolute Gasteiger partial charge is 0.337 e. The number of benzene rings is 1. The molecule has 1 aromatic heterocycles. The molecule has 25 heavy (non-hydrogen) atoms. The molecule has 1 aliphatic heterocycles. The third kappa shape index (κ3) is 4.47. The van der Waals surface area contributed by atoms with Gasteiger partial charge >= 0.3 is 0 Å². The summed E-state index contributed by atoms with van der Waals surface area (Å²) in [6, 6.07) is 8.75. The van der Waals surface area contributed by atoms with Crippen molar-refractivity contribution in [2.24, 2.45) is 0 Å². The summed E-state index contributed by atoms with van der Waals surface area (Å²) in [6.07, 6.45) is 1.94. The number of hydrogen-bond donors (Lipinski definition) is 0. The standard InChI is InChI=1S/C20H25FN2OS/c1-3-17-13-19(25-15(17)2)20(24)23-10-4-9-22(11-12-23)14-16-5-7-18(21)8-6-16/h5-8,13H,3-4,9-12,14H2,1-2H3. The van der Waals surface area contributed by atoms with Gasteiger partial charge in [0.1, 0.15) is 5.82 Å². The van der Waals surface area contributed by atoms with Gasteiger partial charge in [0.05, 0.1) is 4.88 Å². The minimum absolute atomic E-state index is 0.163. The lowest BCUT2D eigenvalue weighted by Crippen LogP contribution is -2.34. The molecule has 134 valence electrons. The Morgan fingerprint density at radius 2 is 1.92 bits per heavy atom. The van der Waals surface area contributed by atoms with E-state index in [-0.39, 0.29) is 11.7 Å². The number of rotatable bonds is 4. The van der Waals surface area contributed by atoms with Crippen molar-refractivity contribution in [1.82, 2.24) is 9.80 Å². The average molecular weight is 360 g/mol. The number of aryl methyl sites for hydroxylation is 2. The van der Waals surface area contributed by atoms with Crippen LogP contribution in [-0.2, 0) is 13.0 Å². The van der Waals surface area contributed by atoms with Crippen LogP contribution in [-0.4, -0.2) is 41.9 Å². The van der Waals surface area contributed by atoms with Gasteiger partial charge < -0.3 is 4.90 Å². The van der Waals surface area contributed by atoms with E-state index in [2.05, 4.69) is 24.8 Å². The van der Waals surface area contributed by atoms with Gasteiger partial charge in [-0.1, -0.05) is 19.1 Å². The third-order valence-corrected chi connectivity index (χ3v) is 5.89.